The molecule has 0 spiro atoms. The van der Waals surface area contributed by atoms with Crippen LogP contribution in [0.25, 0.3) is 0 Å². The fourth-order valence-electron chi connectivity index (χ4n) is 1.87. The highest BCUT2D eigenvalue weighted by atomic mass is 16.5. The summed E-state index contributed by atoms with van der Waals surface area (Å²) in [5, 5.41) is 0. The van der Waals surface area contributed by atoms with E-state index in [0.717, 1.165) is 12.1 Å². The molecule has 0 saturated heterocycles. The van der Waals surface area contributed by atoms with Gasteiger partial charge in [0.25, 0.3) is 0 Å². The molecule has 2 N–H and O–H groups in total. The van der Waals surface area contributed by atoms with Gasteiger partial charge in [-0.05, 0) is 23.3 Å². The van der Waals surface area contributed by atoms with Gasteiger partial charge in [0.2, 0.25) is 0 Å². The average molecular weight is 227 g/mol. The summed E-state index contributed by atoms with van der Waals surface area (Å²) >= 11 is 0. The second-order valence-corrected chi connectivity index (χ2v) is 4.08. The molecule has 2 rings (SSSR count). The Balaban J connectivity index is 2.13. The molecule has 2 nitrogen and oxygen atoms in total. The predicted molar refractivity (Wildman–Crippen MR) is 70.8 cm³/mol. The summed E-state index contributed by atoms with van der Waals surface area (Å²) < 4.78 is 5.54. The lowest BCUT2D eigenvalue weighted by Crippen LogP contribution is -2.05. The topological polar surface area (TPSA) is 35.2 Å². The Morgan fingerprint density at radius 2 is 1.65 bits per heavy atom. The second-order valence-electron chi connectivity index (χ2n) is 4.08. The highest BCUT2D eigenvalue weighted by Gasteiger charge is 2.10. The number of hydrogen-bond acceptors (Lipinski definition) is 2. The Kier molecular flexibility index (Phi) is 3.78. The molecule has 0 bridgehead atoms. The Hall–Kier alpha value is -1.80. The zero-order valence-electron chi connectivity index (χ0n) is 9.97. The maximum Gasteiger partial charge on any atom is 0.0861 e. The third kappa shape index (κ3) is 3.08. The van der Waals surface area contributed by atoms with Crippen molar-refractivity contribution in [3.05, 3.63) is 65.7 Å². The predicted octanol–water partition coefficient (Wildman–Crippen LogP) is 3.20. The lowest BCUT2D eigenvalue weighted by atomic mass is 10.0. The Labute approximate surface area is 102 Å². The van der Waals surface area contributed by atoms with Gasteiger partial charge in [0.1, 0.15) is 0 Å². The second kappa shape index (κ2) is 5.51. The summed E-state index contributed by atoms with van der Waals surface area (Å²) in [6.07, 6.45) is 0.959. The van der Waals surface area contributed by atoms with E-state index in [2.05, 4.69) is 12.1 Å². The first-order chi connectivity index (χ1) is 8.29. The Morgan fingerprint density at radius 1 is 1.00 bits per heavy atom. The number of rotatable bonds is 4. The van der Waals surface area contributed by atoms with Crippen LogP contribution in [0.15, 0.2) is 54.6 Å². The number of nitrogen functional groups attached to an aromatic ring is 1. The molecule has 0 aromatic heterocycles. The molecule has 2 heteroatoms. The normalized spacial score (nSPS) is 12.3. The molecule has 0 aliphatic heterocycles. The van der Waals surface area contributed by atoms with E-state index >= 15 is 0 Å². The van der Waals surface area contributed by atoms with Crippen LogP contribution in [0.4, 0.5) is 5.69 Å². The van der Waals surface area contributed by atoms with Gasteiger partial charge < -0.3 is 10.5 Å². The van der Waals surface area contributed by atoms with Crippen LogP contribution in [-0.4, -0.2) is 7.11 Å². The molecule has 0 fully saturated rings. The van der Waals surface area contributed by atoms with Crippen molar-refractivity contribution in [2.45, 2.75) is 12.5 Å². The molecule has 0 saturated carbocycles. The van der Waals surface area contributed by atoms with Gasteiger partial charge in [0.05, 0.1) is 6.10 Å². The van der Waals surface area contributed by atoms with E-state index in [9.17, 15) is 0 Å². The molecule has 0 aliphatic carbocycles. The molecule has 2 aromatic rings. The lowest BCUT2D eigenvalue weighted by molar-refractivity contribution is 0.104. The van der Waals surface area contributed by atoms with Crippen LogP contribution in [0.3, 0.4) is 0 Å². The molecule has 0 heterocycles. The fourth-order valence-corrected chi connectivity index (χ4v) is 1.87. The molecule has 17 heavy (non-hydrogen) atoms. The van der Waals surface area contributed by atoms with Crippen LogP contribution < -0.4 is 5.73 Å². The largest absolute Gasteiger partial charge is 0.399 e. The first kappa shape index (κ1) is 11.7. The van der Waals surface area contributed by atoms with E-state index in [1.54, 1.807) is 7.11 Å². The zero-order chi connectivity index (χ0) is 12.1. The van der Waals surface area contributed by atoms with Crippen molar-refractivity contribution in [3.63, 3.8) is 0 Å². The first-order valence-electron chi connectivity index (χ1n) is 5.72. The molecular formula is C15H17NO. The summed E-state index contributed by atoms with van der Waals surface area (Å²) in [5.74, 6) is 0. The molecule has 0 aliphatic rings. The van der Waals surface area contributed by atoms with Crippen molar-refractivity contribution < 1.29 is 4.74 Å². The van der Waals surface area contributed by atoms with Crippen molar-refractivity contribution in [1.29, 1.82) is 0 Å². The Morgan fingerprint density at radius 3 is 2.24 bits per heavy atom. The van der Waals surface area contributed by atoms with Crippen molar-refractivity contribution >= 4 is 5.69 Å². The van der Waals surface area contributed by atoms with Crippen LogP contribution in [0, 0.1) is 0 Å². The molecule has 88 valence electrons. The molecular weight excluding hydrogens is 210 g/mol. The smallest absolute Gasteiger partial charge is 0.0861 e. The van der Waals surface area contributed by atoms with Crippen molar-refractivity contribution in [1.82, 2.24) is 0 Å². The van der Waals surface area contributed by atoms with Gasteiger partial charge in [-0.15, -0.1) is 0 Å². The minimum Gasteiger partial charge on any atom is -0.399 e. The number of methoxy groups -OCH3 is 1. The van der Waals surface area contributed by atoms with Gasteiger partial charge in [-0.1, -0.05) is 42.5 Å². The number of hydrogen-bond donors (Lipinski definition) is 1. The summed E-state index contributed by atoms with van der Waals surface area (Å²) in [6, 6.07) is 18.2. The maximum absolute atomic E-state index is 5.67. The van der Waals surface area contributed by atoms with Crippen LogP contribution in [-0.2, 0) is 11.2 Å². The minimum absolute atomic E-state index is 0.0971. The standard InChI is InChI=1S/C15H17NO/c1-17-15(13-5-3-2-4-6-13)11-12-7-9-14(16)10-8-12/h2-10,15H,11,16H2,1H3. The quantitative estimate of drug-likeness (QED) is 0.814. The van der Waals surface area contributed by atoms with Crippen molar-refractivity contribution in [3.8, 4) is 0 Å². The van der Waals surface area contributed by atoms with E-state index in [0.29, 0.717) is 0 Å². The molecule has 1 atom stereocenters. The van der Waals surface area contributed by atoms with Crippen LogP contribution in [0.1, 0.15) is 17.2 Å². The van der Waals surface area contributed by atoms with Gasteiger partial charge in [-0.25, -0.2) is 0 Å². The summed E-state index contributed by atoms with van der Waals surface area (Å²) in [7, 11) is 1.75. The average Bonchev–Trinajstić information content (AvgIpc) is 2.39. The van der Waals surface area contributed by atoms with E-state index in [-0.39, 0.29) is 6.10 Å². The minimum atomic E-state index is 0.0971. The number of ether oxygens (including phenoxy) is 1. The zero-order valence-corrected chi connectivity index (χ0v) is 9.97. The highest BCUT2D eigenvalue weighted by molar-refractivity contribution is 5.39. The SMILES string of the molecule is COC(Cc1ccc(N)cc1)c1ccccc1. The van der Waals surface area contributed by atoms with E-state index in [4.69, 9.17) is 10.5 Å². The van der Waals surface area contributed by atoms with Gasteiger partial charge in [0, 0.05) is 19.2 Å². The van der Waals surface area contributed by atoms with Crippen molar-refractivity contribution in [2.24, 2.45) is 0 Å². The molecule has 0 amide bonds. The number of anilines is 1. The van der Waals surface area contributed by atoms with Gasteiger partial charge >= 0.3 is 0 Å². The van der Waals surface area contributed by atoms with Crippen LogP contribution in [0.5, 0.6) is 0 Å². The van der Waals surface area contributed by atoms with E-state index in [1.165, 1.54) is 11.1 Å². The Bertz CT molecular complexity index is 450. The number of nitrogens with two attached hydrogens (primary N) is 1. The van der Waals surface area contributed by atoms with E-state index in [1.807, 2.05) is 42.5 Å². The molecule has 0 radical (unpaired) electrons. The van der Waals surface area contributed by atoms with Gasteiger partial charge in [-0.2, -0.15) is 0 Å². The molecule has 1 unspecified atom stereocenters. The summed E-state index contributed by atoms with van der Waals surface area (Å²) in [6.45, 7) is 0. The maximum atomic E-state index is 5.67. The summed E-state index contributed by atoms with van der Waals surface area (Å²) in [4.78, 5) is 0. The first-order valence-corrected chi connectivity index (χ1v) is 5.72. The van der Waals surface area contributed by atoms with Crippen LogP contribution in [0.2, 0.25) is 0 Å². The van der Waals surface area contributed by atoms with Gasteiger partial charge in [-0.3, -0.25) is 0 Å². The summed E-state index contributed by atoms with van der Waals surface area (Å²) in [5.41, 5.74) is 8.90. The highest BCUT2D eigenvalue weighted by Crippen LogP contribution is 2.21. The third-order valence-electron chi connectivity index (χ3n) is 2.86. The fraction of sp³-hybridized carbons (Fsp3) is 0.200. The third-order valence-corrected chi connectivity index (χ3v) is 2.86. The lowest BCUT2D eigenvalue weighted by Gasteiger charge is -2.15. The van der Waals surface area contributed by atoms with Crippen molar-refractivity contribution in [2.75, 3.05) is 12.8 Å². The van der Waals surface area contributed by atoms with Gasteiger partial charge in [0.15, 0.2) is 0 Å². The van der Waals surface area contributed by atoms with E-state index < -0.39 is 0 Å². The molecule has 2 aromatic carbocycles. The number of benzene rings is 2. The monoisotopic (exact) mass is 227 g/mol. The van der Waals surface area contributed by atoms with Crippen LogP contribution >= 0.6 is 0 Å².